The summed E-state index contributed by atoms with van der Waals surface area (Å²) in [7, 11) is 0. The van der Waals surface area contributed by atoms with Crippen molar-refractivity contribution in [3.05, 3.63) is 51.5 Å². The fourth-order valence-corrected chi connectivity index (χ4v) is 6.23. The Hall–Kier alpha value is -1.80. The SMILES string of the molecule is O=C(c1cc2c(s1)C1(CCNCC1)OCC2)N(Cc1ccncc1)CC1CCCO1. The second kappa shape index (κ2) is 8.75. The smallest absolute Gasteiger partial charge is 0.264 e. The maximum absolute atomic E-state index is 13.6. The molecule has 1 N–H and O–H groups in total. The highest BCUT2D eigenvalue weighted by molar-refractivity contribution is 7.14. The van der Waals surface area contributed by atoms with Gasteiger partial charge in [0.2, 0.25) is 0 Å². The number of pyridine rings is 1. The number of nitrogens with one attached hydrogen (secondary N) is 1. The summed E-state index contributed by atoms with van der Waals surface area (Å²) in [6, 6.07) is 6.09. The lowest BCUT2D eigenvalue weighted by molar-refractivity contribution is -0.0771. The van der Waals surface area contributed by atoms with Gasteiger partial charge in [-0.15, -0.1) is 11.3 Å². The van der Waals surface area contributed by atoms with E-state index < -0.39 is 0 Å². The van der Waals surface area contributed by atoms with Crippen molar-refractivity contribution in [3.63, 3.8) is 0 Å². The van der Waals surface area contributed by atoms with Crippen molar-refractivity contribution in [2.45, 2.75) is 50.4 Å². The third-order valence-corrected chi connectivity index (χ3v) is 7.80. The molecule has 1 atom stereocenters. The van der Waals surface area contributed by atoms with Crippen molar-refractivity contribution in [2.24, 2.45) is 0 Å². The molecule has 3 aliphatic heterocycles. The summed E-state index contributed by atoms with van der Waals surface area (Å²) in [6.07, 6.45) is 8.64. The highest BCUT2D eigenvalue weighted by Gasteiger charge is 2.41. The molecule has 5 rings (SSSR count). The van der Waals surface area contributed by atoms with Crippen molar-refractivity contribution in [3.8, 4) is 0 Å². The highest BCUT2D eigenvalue weighted by atomic mass is 32.1. The molecule has 2 saturated heterocycles. The van der Waals surface area contributed by atoms with Gasteiger partial charge in [0.05, 0.1) is 17.6 Å². The summed E-state index contributed by atoms with van der Waals surface area (Å²) in [4.78, 5) is 21.8. The van der Waals surface area contributed by atoms with E-state index in [1.54, 1.807) is 23.7 Å². The fraction of sp³-hybridized carbons (Fsp3) is 0.565. The molecule has 6 nitrogen and oxygen atoms in total. The molecule has 0 radical (unpaired) electrons. The molecule has 1 spiro atoms. The Bertz CT molecular complexity index is 873. The third-order valence-electron chi connectivity index (χ3n) is 6.45. The molecule has 0 aliphatic carbocycles. The van der Waals surface area contributed by atoms with Crippen molar-refractivity contribution in [2.75, 3.05) is 32.8 Å². The van der Waals surface area contributed by atoms with Crippen LogP contribution in [0.2, 0.25) is 0 Å². The van der Waals surface area contributed by atoms with E-state index in [1.807, 2.05) is 17.0 Å². The molecule has 2 aromatic heterocycles. The molecule has 2 aromatic rings. The summed E-state index contributed by atoms with van der Waals surface area (Å²) in [5.41, 5.74) is 2.19. The van der Waals surface area contributed by atoms with Gasteiger partial charge in [-0.3, -0.25) is 9.78 Å². The number of ether oxygens (including phenoxy) is 2. The minimum atomic E-state index is -0.202. The maximum atomic E-state index is 13.6. The summed E-state index contributed by atoms with van der Waals surface area (Å²) < 4.78 is 12.2. The van der Waals surface area contributed by atoms with Gasteiger partial charge in [-0.05, 0) is 74.5 Å². The summed E-state index contributed by atoms with van der Waals surface area (Å²) >= 11 is 1.65. The monoisotopic (exact) mass is 427 g/mol. The van der Waals surface area contributed by atoms with E-state index in [9.17, 15) is 4.79 Å². The first-order chi connectivity index (χ1) is 14.7. The fourth-order valence-electron chi connectivity index (χ4n) is 4.85. The molecular formula is C23H29N3O3S. The maximum Gasteiger partial charge on any atom is 0.264 e. The van der Waals surface area contributed by atoms with Crippen LogP contribution in [0, 0.1) is 0 Å². The van der Waals surface area contributed by atoms with Crippen LogP contribution >= 0.6 is 11.3 Å². The number of rotatable bonds is 5. The Balaban J connectivity index is 1.41. The van der Waals surface area contributed by atoms with E-state index in [0.717, 1.165) is 68.8 Å². The zero-order chi connectivity index (χ0) is 20.4. The number of nitrogens with zero attached hydrogens (tertiary/aromatic N) is 2. The summed E-state index contributed by atoms with van der Waals surface area (Å²) in [5, 5.41) is 3.43. The van der Waals surface area contributed by atoms with Crippen LogP contribution in [0.15, 0.2) is 30.6 Å². The lowest BCUT2D eigenvalue weighted by atomic mass is 9.86. The summed E-state index contributed by atoms with van der Waals surface area (Å²) in [6.45, 7) is 4.68. The molecule has 5 heterocycles. The lowest BCUT2D eigenvalue weighted by Gasteiger charge is -2.40. The second-order valence-electron chi connectivity index (χ2n) is 8.48. The molecule has 3 aliphatic rings. The lowest BCUT2D eigenvalue weighted by Crippen LogP contribution is -2.44. The standard InChI is InChI=1S/C23H29N3O3S/c27-22(26(16-19-2-1-12-28-19)15-17-3-8-24-9-4-17)20-14-18-5-13-29-23(21(18)30-20)6-10-25-11-7-23/h3-4,8-9,14,19,25H,1-2,5-7,10-13,15-16H2. The molecule has 1 unspecified atom stereocenters. The Labute approximate surface area is 181 Å². The zero-order valence-electron chi connectivity index (χ0n) is 17.3. The van der Waals surface area contributed by atoms with E-state index >= 15 is 0 Å². The van der Waals surface area contributed by atoms with Crippen molar-refractivity contribution < 1.29 is 14.3 Å². The van der Waals surface area contributed by atoms with E-state index in [2.05, 4.69) is 16.4 Å². The topological polar surface area (TPSA) is 63.7 Å². The number of amides is 1. The molecule has 0 aromatic carbocycles. The average Bonchev–Trinajstić information content (AvgIpc) is 3.45. The highest BCUT2D eigenvalue weighted by Crippen LogP contribution is 2.44. The number of hydrogen-bond donors (Lipinski definition) is 1. The molecule has 1 amide bonds. The van der Waals surface area contributed by atoms with Crippen LogP contribution in [0.3, 0.4) is 0 Å². The number of carbonyl (C=O) groups excluding carboxylic acids is 1. The Kier molecular flexibility index (Phi) is 5.87. The van der Waals surface area contributed by atoms with Gasteiger partial charge < -0.3 is 19.7 Å². The molecular weight excluding hydrogens is 398 g/mol. The van der Waals surface area contributed by atoms with Gasteiger partial charge in [0.1, 0.15) is 5.60 Å². The van der Waals surface area contributed by atoms with Gasteiger partial charge in [0, 0.05) is 37.0 Å². The Morgan fingerprint density at radius 2 is 2.10 bits per heavy atom. The van der Waals surface area contributed by atoms with E-state index in [1.165, 1.54) is 10.4 Å². The number of piperidine rings is 1. The van der Waals surface area contributed by atoms with Crippen molar-refractivity contribution in [1.29, 1.82) is 0 Å². The second-order valence-corrected chi connectivity index (χ2v) is 9.54. The molecule has 0 saturated carbocycles. The zero-order valence-corrected chi connectivity index (χ0v) is 18.1. The summed E-state index contributed by atoms with van der Waals surface area (Å²) in [5.74, 6) is 0.103. The molecule has 30 heavy (non-hydrogen) atoms. The van der Waals surface area contributed by atoms with Crippen LogP contribution in [-0.2, 0) is 28.0 Å². The first-order valence-electron chi connectivity index (χ1n) is 11.0. The number of fused-ring (bicyclic) bond motifs is 2. The predicted octanol–water partition coefficient (Wildman–Crippen LogP) is 3.12. The van der Waals surface area contributed by atoms with Crippen molar-refractivity contribution in [1.82, 2.24) is 15.2 Å². The van der Waals surface area contributed by atoms with Crippen LogP contribution in [0.4, 0.5) is 0 Å². The van der Waals surface area contributed by atoms with Crippen LogP contribution in [0.25, 0.3) is 0 Å². The van der Waals surface area contributed by atoms with Crippen LogP contribution in [-0.4, -0.2) is 54.7 Å². The minimum absolute atomic E-state index is 0.103. The Morgan fingerprint density at radius 1 is 1.27 bits per heavy atom. The van der Waals surface area contributed by atoms with Crippen molar-refractivity contribution >= 4 is 17.2 Å². The number of hydrogen-bond acceptors (Lipinski definition) is 6. The van der Waals surface area contributed by atoms with Gasteiger partial charge in [-0.2, -0.15) is 0 Å². The molecule has 0 bridgehead atoms. The van der Waals surface area contributed by atoms with E-state index in [4.69, 9.17) is 9.47 Å². The van der Waals surface area contributed by atoms with E-state index in [0.29, 0.717) is 13.1 Å². The average molecular weight is 428 g/mol. The Morgan fingerprint density at radius 3 is 2.87 bits per heavy atom. The number of carbonyl (C=O) groups is 1. The minimum Gasteiger partial charge on any atom is -0.376 e. The van der Waals surface area contributed by atoms with Crippen LogP contribution in [0.1, 0.15) is 51.4 Å². The van der Waals surface area contributed by atoms with E-state index in [-0.39, 0.29) is 17.6 Å². The first kappa shape index (κ1) is 20.1. The number of thiophene rings is 1. The number of aromatic nitrogens is 1. The van der Waals surface area contributed by atoms with Gasteiger partial charge in [-0.1, -0.05) is 0 Å². The van der Waals surface area contributed by atoms with Gasteiger partial charge in [0.25, 0.3) is 5.91 Å². The van der Waals surface area contributed by atoms with Crippen LogP contribution < -0.4 is 5.32 Å². The van der Waals surface area contributed by atoms with Gasteiger partial charge >= 0.3 is 0 Å². The van der Waals surface area contributed by atoms with Gasteiger partial charge in [0.15, 0.2) is 0 Å². The molecule has 2 fully saturated rings. The third kappa shape index (κ3) is 4.04. The molecule has 160 valence electrons. The predicted molar refractivity (Wildman–Crippen MR) is 116 cm³/mol. The molecule has 7 heteroatoms. The normalized spacial score (nSPS) is 22.7. The quantitative estimate of drug-likeness (QED) is 0.794. The van der Waals surface area contributed by atoms with Gasteiger partial charge in [-0.25, -0.2) is 0 Å². The largest absolute Gasteiger partial charge is 0.376 e. The first-order valence-corrected chi connectivity index (χ1v) is 11.8. The van der Waals surface area contributed by atoms with Crippen LogP contribution in [0.5, 0.6) is 0 Å².